The van der Waals surface area contributed by atoms with E-state index in [0.29, 0.717) is 18.9 Å². The monoisotopic (exact) mass is 280 g/mol. The fraction of sp³-hybridized carbons (Fsp3) is 0.562. The van der Waals surface area contributed by atoms with E-state index < -0.39 is 0 Å². The first-order valence-electron chi connectivity index (χ1n) is 7.32. The number of hydrogen-bond acceptors (Lipinski definition) is 2. The minimum Gasteiger partial charge on any atom is -0.330 e. The summed E-state index contributed by atoms with van der Waals surface area (Å²) in [5.41, 5.74) is 6.67. The van der Waals surface area contributed by atoms with Crippen LogP contribution < -0.4 is 11.1 Å². The van der Waals surface area contributed by atoms with Gasteiger partial charge in [-0.3, -0.25) is 4.79 Å². The second-order valence-electron chi connectivity index (χ2n) is 5.30. The molecule has 1 atom stereocenters. The van der Waals surface area contributed by atoms with E-state index in [9.17, 15) is 9.18 Å². The number of anilines is 1. The zero-order valence-electron chi connectivity index (χ0n) is 12.4. The summed E-state index contributed by atoms with van der Waals surface area (Å²) >= 11 is 0. The number of halogens is 1. The number of aryl methyl sites for hydroxylation is 1. The third-order valence-corrected chi connectivity index (χ3v) is 3.45. The molecule has 1 aromatic rings. The van der Waals surface area contributed by atoms with E-state index in [2.05, 4.69) is 12.2 Å². The third kappa shape index (κ3) is 5.70. The van der Waals surface area contributed by atoms with Crippen molar-refractivity contribution in [3.8, 4) is 0 Å². The Morgan fingerprint density at radius 2 is 2.10 bits per heavy atom. The van der Waals surface area contributed by atoms with Crippen LogP contribution in [0.4, 0.5) is 10.1 Å². The Bertz CT molecular complexity index is 428. The quantitative estimate of drug-likeness (QED) is 0.764. The Morgan fingerprint density at radius 3 is 2.70 bits per heavy atom. The van der Waals surface area contributed by atoms with Gasteiger partial charge in [-0.15, -0.1) is 0 Å². The zero-order chi connectivity index (χ0) is 15.0. The molecule has 0 saturated heterocycles. The van der Waals surface area contributed by atoms with E-state index in [-0.39, 0.29) is 17.4 Å². The van der Waals surface area contributed by atoms with Crippen molar-refractivity contribution >= 4 is 11.6 Å². The summed E-state index contributed by atoms with van der Waals surface area (Å²) in [6, 6.07) is 4.81. The molecule has 1 aromatic carbocycles. The van der Waals surface area contributed by atoms with Gasteiger partial charge in [0, 0.05) is 6.42 Å². The van der Waals surface area contributed by atoms with E-state index in [1.807, 2.05) is 6.92 Å². The lowest BCUT2D eigenvalue weighted by atomic mass is 9.94. The van der Waals surface area contributed by atoms with Crippen molar-refractivity contribution in [2.75, 3.05) is 11.9 Å². The van der Waals surface area contributed by atoms with Crippen molar-refractivity contribution in [3.05, 3.63) is 29.6 Å². The summed E-state index contributed by atoms with van der Waals surface area (Å²) in [7, 11) is 0. The molecule has 112 valence electrons. The number of hydrogen-bond donors (Lipinski definition) is 2. The summed E-state index contributed by atoms with van der Waals surface area (Å²) in [5.74, 6) is -0.0325. The van der Waals surface area contributed by atoms with Crippen LogP contribution in [0, 0.1) is 18.7 Å². The first-order chi connectivity index (χ1) is 9.56. The lowest BCUT2D eigenvalue weighted by molar-refractivity contribution is -0.116. The van der Waals surface area contributed by atoms with E-state index in [1.54, 1.807) is 12.1 Å². The number of benzene rings is 1. The number of nitrogens with one attached hydrogen (secondary N) is 1. The summed E-state index contributed by atoms with van der Waals surface area (Å²) < 4.78 is 13.6. The Hall–Kier alpha value is -1.42. The molecule has 0 aromatic heterocycles. The van der Waals surface area contributed by atoms with Gasteiger partial charge in [0.05, 0.1) is 5.69 Å². The fourth-order valence-corrected chi connectivity index (χ4v) is 2.35. The predicted molar refractivity (Wildman–Crippen MR) is 81.1 cm³/mol. The molecule has 1 rings (SSSR count). The van der Waals surface area contributed by atoms with Gasteiger partial charge in [-0.1, -0.05) is 25.8 Å². The first kappa shape index (κ1) is 16.6. The van der Waals surface area contributed by atoms with Gasteiger partial charge in [0.1, 0.15) is 5.82 Å². The molecule has 0 radical (unpaired) electrons. The van der Waals surface area contributed by atoms with Gasteiger partial charge in [-0.25, -0.2) is 4.39 Å². The lowest BCUT2D eigenvalue weighted by Crippen LogP contribution is -2.16. The Balaban J connectivity index is 2.46. The van der Waals surface area contributed by atoms with Gasteiger partial charge in [0.15, 0.2) is 0 Å². The maximum atomic E-state index is 13.6. The zero-order valence-corrected chi connectivity index (χ0v) is 12.4. The van der Waals surface area contributed by atoms with Gasteiger partial charge in [0.25, 0.3) is 0 Å². The van der Waals surface area contributed by atoms with Crippen molar-refractivity contribution in [3.63, 3.8) is 0 Å². The highest BCUT2D eigenvalue weighted by atomic mass is 19.1. The van der Waals surface area contributed by atoms with Gasteiger partial charge in [-0.2, -0.15) is 0 Å². The van der Waals surface area contributed by atoms with E-state index in [1.165, 1.54) is 6.07 Å². The molecule has 0 aliphatic heterocycles. The van der Waals surface area contributed by atoms with Crippen molar-refractivity contribution < 1.29 is 9.18 Å². The molecule has 20 heavy (non-hydrogen) atoms. The normalized spacial score (nSPS) is 12.2. The summed E-state index contributed by atoms with van der Waals surface area (Å²) in [6.07, 6.45) is 4.35. The molecule has 0 aliphatic rings. The molecular formula is C16H25FN2O. The van der Waals surface area contributed by atoms with Gasteiger partial charge in [-0.05, 0) is 49.9 Å². The van der Waals surface area contributed by atoms with Gasteiger partial charge < -0.3 is 11.1 Å². The van der Waals surface area contributed by atoms with Crippen LogP contribution in [-0.2, 0) is 4.79 Å². The van der Waals surface area contributed by atoms with E-state index in [4.69, 9.17) is 5.73 Å². The number of carbonyl (C=O) groups is 1. The SMILES string of the molecule is CCCC(CCN)CCC(=O)Nc1ccc(C)cc1F. The molecule has 1 amide bonds. The van der Waals surface area contributed by atoms with E-state index >= 15 is 0 Å². The molecule has 0 aliphatic carbocycles. The number of rotatable bonds is 8. The summed E-state index contributed by atoms with van der Waals surface area (Å²) in [4.78, 5) is 11.9. The highest BCUT2D eigenvalue weighted by molar-refractivity contribution is 5.90. The topological polar surface area (TPSA) is 55.1 Å². The Kier molecular flexibility index (Phi) is 7.23. The van der Waals surface area contributed by atoms with Crippen molar-refractivity contribution in [1.82, 2.24) is 0 Å². The van der Waals surface area contributed by atoms with Crippen LogP contribution in [0.15, 0.2) is 18.2 Å². The molecule has 4 heteroatoms. The lowest BCUT2D eigenvalue weighted by Gasteiger charge is -2.14. The van der Waals surface area contributed by atoms with Crippen molar-refractivity contribution in [2.24, 2.45) is 11.7 Å². The minimum atomic E-state index is -0.384. The van der Waals surface area contributed by atoms with Gasteiger partial charge >= 0.3 is 0 Å². The third-order valence-electron chi connectivity index (χ3n) is 3.45. The fourth-order valence-electron chi connectivity index (χ4n) is 2.35. The van der Waals surface area contributed by atoms with E-state index in [0.717, 1.165) is 31.2 Å². The molecule has 1 unspecified atom stereocenters. The van der Waals surface area contributed by atoms with Crippen LogP contribution in [-0.4, -0.2) is 12.5 Å². The van der Waals surface area contributed by atoms with Gasteiger partial charge in [0.2, 0.25) is 5.91 Å². The van der Waals surface area contributed by atoms with Crippen LogP contribution in [0.3, 0.4) is 0 Å². The highest BCUT2D eigenvalue weighted by Gasteiger charge is 2.11. The number of amides is 1. The maximum absolute atomic E-state index is 13.6. The Morgan fingerprint density at radius 1 is 1.35 bits per heavy atom. The predicted octanol–water partition coefficient (Wildman–Crippen LogP) is 3.62. The molecule has 0 heterocycles. The highest BCUT2D eigenvalue weighted by Crippen LogP contribution is 2.19. The van der Waals surface area contributed by atoms with Crippen molar-refractivity contribution in [1.29, 1.82) is 0 Å². The molecule has 3 N–H and O–H groups in total. The Labute approximate surface area is 120 Å². The van der Waals surface area contributed by atoms with Crippen molar-refractivity contribution in [2.45, 2.75) is 46.0 Å². The smallest absolute Gasteiger partial charge is 0.224 e. The second kappa shape index (κ2) is 8.69. The summed E-state index contributed by atoms with van der Waals surface area (Å²) in [6.45, 7) is 4.60. The second-order valence-corrected chi connectivity index (χ2v) is 5.30. The van der Waals surface area contributed by atoms with Crippen LogP contribution in [0.1, 0.15) is 44.6 Å². The number of nitrogens with two attached hydrogens (primary N) is 1. The van der Waals surface area contributed by atoms with Crippen LogP contribution in [0.2, 0.25) is 0 Å². The standard InChI is InChI=1S/C16H25FN2O/c1-3-4-13(9-10-18)6-8-16(20)19-15-7-5-12(2)11-14(15)17/h5,7,11,13H,3-4,6,8-10,18H2,1-2H3,(H,19,20). The van der Waals surface area contributed by atoms with Crippen LogP contribution >= 0.6 is 0 Å². The molecular weight excluding hydrogens is 255 g/mol. The minimum absolute atomic E-state index is 0.133. The molecule has 0 bridgehead atoms. The molecule has 3 nitrogen and oxygen atoms in total. The summed E-state index contributed by atoms with van der Waals surface area (Å²) in [5, 5.41) is 2.63. The molecule has 0 spiro atoms. The average Bonchev–Trinajstić information content (AvgIpc) is 2.40. The maximum Gasteiger partial charge on any atom is 0.224 e. The number of carbonyl (C=O) groups excluding carboxylic acids is 1. The molecule has 0 saturated carbocycles. The van der Waals surface area contributed by atoms with Crippen LogP contribution in [0.5, 0.6) is 0 Å². The average molecular weight is 280 g/mol. The molecule has 0 fully saturated rings. The van der Waals surface area contributed by atoms with Crippen LogP contribution in [0.25, 0.3) is 0 Å². The largest absolute Gasteiger partial charge is 0.330 e. The first-order valence-corrected chi connectivity index (χ1v) is 7.32.